The van der Waals surface area contributed by atoms with Crippen LogP contribution in [-0.4, -0.2) is 30.8 Å². The van der Waals surface area contributed by atoms with Crippen molar-refractivity contribution in [1.82, 2.24) is 19.2 Å². The number of amides is 1. The van der Waals surface area contributed by atoms with Crippen molar-refractivity contribution in [2.45, 2.75) is 11.7 Å². The highest BCUT2D eigenvalue weighted by Crippen LogP contribution is 2.22. The minimum absolute atomic E-state index is 0.148. The Hall–Kier alpha value is -2.91. The normalized spacial score (nSPS) is 11.1. The topological polar surface area (TPSA) is 81.3 Å². The standard InChI is InChI=1S/C20H16BrN5O2S/c1-2-11-25-18(28)15-5-3-4-6-16(15)26-19(25)23-24-20(26)29-12-17(27)22-14-9-7-13(21)8-10-14/h2-10H,1,11-12H2,(H,22,27). The van der Waals surface area contributed by atoms with Crippen LogP contribution in [-0.2, 0) is 11.3 Å². The molecular weight excluding hydrogens is 454 g/mol. The molecule has 146 valence electrons. The van der Waals surface area contributed by atoms with Gasteiger partial charge in [-0.2, -0.15) is 0 Å². The Kier molecular flexibility index (Phi) is 5.50. The number of para-hydroxylation sites is 1. The van der Waals surface area contributed by atoms with Crippen molar-refractivity contribution in [3.63, 3.8) is 0 Å². The van der Waals surface area contributed by atoms with Crippen LogP contribution in [0.1, 0.15) is 0 Å². The molecule has 2 heterocycles. The SMILES string of the molecule is C=CCn1c(=O)c2ccccc2n2c(SCC(=O)Nc3ccc(Br)cc3)nnc12. The first-order valence-electron chi connectivity index (χ1n) is 8.74. The maximum Gasteiger partial charge on any atom is 0.263 e. The van der Waals surface area contributed by atoms with Crippen molar-refractivity contribution < 1.29 is 4.79 Å². The molecule has 2 aromatic carbocycles. The highest BCUT2D eigenvalue weighted by Gasteiger charge is 2.17. The third kappa shape index (κ3) is 3.83. The van der Waals surface area contributed by atoms with Gasteiger partial charge in [0.1, 0.15) is 0 Å². The second-order valence-corrected chi connectivity index (χ2v) is 8.04. The van der Waals surface area contributed by atoms with Crippen molar-refractivity contribution in [2.24, 2.45) is 0 Å². The number of carbonyl (C=O) groups is 1. The van der Waals surface area contributed by atoms with Gasteiger partial charge in [0, 0.05) is 16.7 Å². The monoisotopic (exact) mass is 469 g/mol. The minimum Gasteiger partial charge on any atom is -0.325 e. The van der Waals surface area contributed by atoms with Crippen LogP contribution in [0.25, 0.3) is 16.7 Å². The number of anilines is 1. The Morgan fingerprint density at radius 1 is 1.17 bits per heavy atom. The van der Waals surface area contributed by atoms with Crippen LogP contribution < -0.4 is 10.9 Å². The lowest BCUT2D eigenvalue weighted by Gasteiger charge is -2.09. The molecule has 0 saturated carbocycles. The van der Waals surface area contributed by atoms with Crippen molar-refractivity contribution in [2.75, 3.05) is 11.1 Å². The molecule has 0 unspecified atom stereocenters. The predicted octanol–water partition coefficient (Wildman–Crippen LogP) is 3.72. The highest BCUT2D eigenvalue weighted by atomic mass is 79.9. The fraction of sp³-hybridized carbons (Fsp3) is 0.100. The van der Waals surface area contributed by atoms with E-state index in [1.54, 1.807) is 16.5 Å². The molecule has 0 saturated heterocycles. The van der Waals surface area contributed by atoms with Crippen LogP contribution in [0.4, 0.5) is 5.69 Å². The Morgan fingerprint density at radius 2 is 1.93 bits per heavy atom. The number of halogens is 1. The van der Waals surface area contributed by atoms with Gasteiger partial charge in [-0.05, 0) is 36.4 Å². The number of rotatable bonds is 6. The molecule has 0 aliphatic carbocycles. The van der Waals surface area contributed by atoms with Gasteiger partial charge in [0.05, 0.1) is 16.7 Å². The van der Waals surface area contributed by atoms with Crippen LogP contribution in [0.5, 0.6) is 0 Å². The van der Waals surface area contributed by atoms with E-state index in [0.717, 1.165) is 10.2 Å². The smallest absolute Gasteiger partial charge is 0.263 e. The lowest BCUT2D eigenvalue weighted by Crippen LogP contribution is -2.22. The summed E-state index contributed by atoms with van der Waals surface area (Å²) < 4.78 is 4.27. The second-order valence-electron chi connectivity index (χ2n) is 6.18. The highest BCUT2D eigenvalue weighted by molar-refractivity contribution is 9.10. The summed E-state index contributed by atoms with van der Waals surface area (Å²) in [6.07, 6.45) is 1.64. The number of hydrogen-bond donors (Lipinski definition) is 1. The quantitative estimate of drug-likeness (QED) is 0.343. The zero-order chi connectivity index (χ0) is 20.4. The summed E-state index contributed by atoms with van der Waals surface area (Å²) in [4.78, 5) is 25.1. The molecular formula is C20H16BrN5O2S. The molecule has 9 heteroatoms. The van der Waals surface area contributed by atoms with Gasteiger partial charge in [-0.3, -0.25) is 18.6 Å². The van der Waals surface area contributed by atoms with Crippen LogP contribution >= 0.6 is 27.7 Å². The zero-order valence-corrected chi connectivity index (χ0v) is 17.6. The van der Waals surface area contributed by atoms with Crippen molar-refractivity contribution in [1.29, 1.82) is 0 Å². The number of hydrogen-bond acceptors (Lipinski definition) is 5. The van der Waals surface area contributed by atoms with Gasteiger partial charge in [-0.25, -0.2) is 0 Å². The van der Waals surface area contributed by atoms with E-state index in [-0.39, 0.29) is 17.2 Å². The average molecular weight is 470 g/mol. The molecule has 0 spiro atoms. The lowest BCUT2D eigenvalue weighted by molar-refractivity contribution is -0.113. The maximum atomic E-state index is 12.8. The van der Waals surface area contributed by atoms with Crippen LogP contribution in [0.3, 0.4) is 0 Å². The zero-order valence-electron chi connectivity index (χ0n) is 15.2. The Bertz CT molecular complexity index is 1280. The Morgan fingerprint density at radius 3 is 2.69 bits per heavy atom. The Balaban J connectivity index is 1.66. The number of nitrogens with one attached hydrogen (secondary N) is 1. The van der Waals surface area contributed by atoms with E-state index < -0.39 is 0 Å². The van der Waals surface area contributed by atoms with Crippen molar-refractivity contribution in [3.8, 4) is 0 Å². The first-order chi connectivity index (χ1) is 14.1. The third-order valence-corrected chi connectivity index (χ3v) is 5.71. The molecule has 29 heavy (non-hydrogen) atoms. The summed E-state index contributed by atoms with van der Waals surface area (Å²) in [7, 11) is 0. The molecule has 0 aliphatic rings. The Labute approximate surface area is 178 Å². The summed E-state index contributed by atoms with van der Waals surface area (Å²) in [6, 6.07) is 14.6. The number of carbonyl (C=O) groups excluding carboxylic acids is 1. The van der Waals surface area contributed by atoms with Gasteiger partial charge in [-0.1, -0.05) is 45.9 Å². The largest absolute Gasteiger partial charge is 0.325 e. The molecule has 0 radical (unpaired) electrons. The average Bonchev–Trinajstić information content (AvgIpc) is 3.15. The first kappa shape index (κ1) is 19.4. The van der Waals surface area contributed by atoms with Crippen LogP contribution in [0, 0.1) is 0 Å². The third-order valence-electron chi connectivity index (χ3n) is 4.25. The minimum atomic E-state index is -0.155. The van der Waals surface area contributed by atoms with Crippen molar-refractivity contribution in [3.05, 3.63) is 76.0 Å². The summed E-state index contributed by atoms with van der Waals surface area (Å²) >= 11 is 4.63. The van der Waals surface area contributed by atoms with Crippen molar-refractivity contribution >= 4 is 56.0 Å². The number of nitrogens with zero attached hydrogens (tertiary/aromatic N) is 4. The van der Waals surface area contributed by atoms with E-state index in [1.807, 2.05) is 42.5 Å². The van der Waals surface area contributed by atoms with E-state index in [4.69, 9.17) is 0 Å². The number of thioether (sulfide) groups is 1. The van der Waals surface area contributed by atoms with Gasteiger partial charge >= 0.3 is 0 Å². The number of benzene rings is 2. The van der Waals surface area contributed by atoms with Crippen LogP contribution in [0.15, 0.2) is 75.6 Å². The number of fused-ring (bicyclic) bond motifs is 3. The van der Waals surface area contributed by atoms with E-state index in [0.29, 0.717) is 28.4 Å². The summed E-state index contributed by atoms with van der Waals surface area (Å²) in [6.45, 7) is 4.04. The van der Waals surface area contributed by atoms with E-state index in [2.05, 4.69) is 38.0 Å². The first-order valence-corrected chi connectivity index (χ1v) is 10.5. The van der Waals surface area contributed by atoms with Gasteiger partial charge in [0.2, 0.25) is 11.7 Å². The summed E-state index contributed by atoms with van der Waals surface area (Å²) in [5, 5.41) is 12.4. The lowest BCUT2D eigenvalue weighted by atomic mass is 10.2. The molecule has 0 fully saturated rings. The summed E-state index contributed by atoms with van der Waals surface area (Å²) in [5.74, 6) is 0.424. The van der Waals surface area contributed by atoms with Crippen LogP contribution in [0.2, 0.25) is 0 Å². The van der Waals surface area contributed by atoms with Gasteiger partial charge < -0.3 is 5.32 Å². The maximum absolute atomic E-state index is 12.8. The molecule has 1 amide bonds. The molecule has 0 atom stereocenters. The van der Waals surface area contributed by atoms with Gasteiger partial charge in [-0.15, -0.1) is 16.8 Å². The second kappa shape index (κ2) is 8.22. The predicted molar refractivity (Wildman–Crippen MR) is 118 cm³/mol. The molecule has 4 rings (SSSR count). The molecule has 7 nitrogen and oxygen atoms in total. The fourth-order valence-electron chi connectivity index (χ4n) is 2.98. The van der Waals surface area contributed by atoms with Gasteiger partial charge in [0.25, 0.3) is 5.56 Å². The molecule has 1 N–H and O–H groups in total. The fourth-order valence-corrected chi connectivity index (χ4v) is 3.99. The molecule has 4 aromatic rings. The molecule has 0 bridgehead atoms. The van der Waals surface area contributed by atoms with E-state index in [1.165, 1.54) is 16.3 Å². The van der Waals surface area contributed by atoms with E-state index in [9.17, 15) is 9.59 Å². The van der Waals surface area contributed by atoms with E-state index >= 15 is 0 Å². The summed E-state index contributed by atoms with van der Waals surface area (Å²) in [5.41, 5.74) is 1.27. The number of aromatic nitrogens is 4. The number of allylic oxidation sites excluding steroid dienone is 1. The van der Waals surface area contributed by atoms with Gasteiger partial charge in [0.15, 0.2) is 5.16 Å². The molecule has 0 aliphatic heterocycles. The molecule has 2 aromatic heterocycles.